The van der Waals surface area contributed by atoms with Crippen molar-refractivity contribution in [3.8, 4) is 0 Å². The molecule has 1 aliphatic carbocycles. The number of aromatic nitrogens is 1. The lowest BCUT2D eigenvalue weighted by molar-refractivity contribution is -0.127. The maximum Gasteiger partial charge on any atom is 0.258 e. The fraction of sp³-hybridized carbons (Fsp3) is 0.652. The summed E-state index contributed by atoms with van der Waals surface area (Å²) in [6.07, 6.45) is 6.49. The minimum atomic E-state index is -0.385. The van der Waals surface area contributed by atoms with Crippen molar-refractivity contribution in [3.63, 3.8) is 0 Å². The SMILES string of the molecule is CCN1[C@@H]2c3ccc(C4=CCCCC4)c(=O)n3C[C@H]1[C@H](CO)[C@H]2C(=O)NCCOC. The van der Waals surface area contributed by atoms with Gasteiger partial charge in [0.1, 0.15) is 0 Å². The molecule has 30 heavy (non-hydrogen) atoms. The van der Waals surface area contributed by atoms with Crippen molar-refractivity contribution in [2.24, 2.45) is 11.8 Å². The van der Waals surface area contributed by atoms with Crippen molar-refractivity contribution >= 4 is 11.5 Å². The zero-order valence-corrected chi connectivity index (χ0v) is 18.0. The zero-order chi connectivity index (χ0) is 21.3. The number of nitrogens with one attached hydrogen (secondary N) is 1. The van der Waals surface area contributed by atoms with Gasteiger partial charge in [-0.2, -0.15) is 0 Å². The van der Waals surface area contributed by atoms with Crippen LogP contribution in [0.5, 0.6) is 0 Å². The Labute approximate surface area is 177 Å². The number of carbonyl (C=O) groups excluding carboxylic acids is 1. The average Bonchev–Trinajstić information content (AvgIpc) is 3.00. The summed E-state index contributed by atoms with van der Waals surface area (Å²) in [5.41, 5.74) is 2.88. The lowest BCUT2D eigenvalue weighted by Gasteiger charge is -2.37. The van der Waals surface area contributed by atoms with Gasteiger partial charge in [0, 0.05) is 50.0 Å². The van der Waals surface area contributed by atoms with Crippen molar-refractivity contribution in [1.82, 2.24) is 14.8 Å². The molecule has 1 fully saturated rings. The summed E-state index contributed by atoms with van der Waals surface area (Å²) >= 11 is 0. The van der Waals surface area contributed by atoms with Crippen LogP contribution in [0.3, 0.4) is 0 Å². The quantitative estimate of drug-likeness (QED) is 0.660. The largest absolute Gasteiger partial charge is 0.396 e. The van der Waals surface area contributed by atoms with Crippen LogP contribution in [0.25, 0.3) is 5.57 Å². The second-order valence-electron chi connectivity index (χ2n) is 8.56. The minimum Gasteiger partial charge on any atom is -0.396 e. The van der Waals surface area contributed by atoms with E-state index in [4.69, 9.17) is 4.74 Å². The first-order chi connectivity index (χ1) is 14.6. The van der Waals surface area contributed by atoms with Crippen molar-refractivity contribution in [2.75, 3.05) is 33.4 Å². The van der Waals surface area contributed by atoms with E-state index in [9.17, 15) is 14.7 Å². The molecule has 164 valence electrons. The Bertz CT molecular complexity index is 878. The molecule has 2 N–H and O–H groups in total. The topological polar surface area (TPSA) is 83.8 Å². The van der Waals surface area contributed by atoms with E-state index in [0.29, 0.717) is 19.7 Å². The number of allylic oxidation sites excluding steroid dienone is 2. The molecule has 1 saturated heterocycles. The number of likely N-dealkylation sites (N-methyl/N-ethyl adjacent to an activating group) is 1. The number of methoxy groups -OCH3 is 1. The number of carbonyl (C=O) groups is 1. The first-order valence-electron chi connectivity index (χ1n) is 11.2. The van der Waals surface area contributed by atoms with Gasteiger partial charge in [-0.1, -0.05) is 13.0 Å². The molecular formula is C23H33N3O4. The van der Waals surface area contributed by atoms with Crippen LogP contribution in [0.2, 0.25) is 0 Å². The molecule has 4 atom stereocenters. The van der Waals surface area contributed by atoms with E-state index in [2.05, 4.69) is 23.2 Å². The molecule has 0 unspecified atom stereocenters. The molecule has 7 nitrogen and oxygen atoms in total. The second-order valence-corrected chi connectivity index (χ2v) is 8.56. The number of nitrogens with zero attached hydrogens (tertiary/aromatic N) is 2. The van der Waals surface area contributed by atoms with Gasteiger partial charge in [0.25, 0.3) is 5.56 Å². The summed E-state index contributed by atoms with van der Waals surface area (Å²) in [4.78, 5) is 28.8. The highest BCUT2D eigenvalue weighted by Gasteiger charge is 2.55. The van der Waals surface area contributed by atoms with Crippen molar-refractivity contribution in [3.05, 3.63) is 39.8 Å². The molecule has 2 aliphatic heterocycles. The molecular weight excluding hydrogens is 382 g/mol. The minimum absolute atomic E-state index is 0.0241. The molecule has 7 heteroatoms. The van der Waals surface area contributed by atoms with E-state index in [1.807, 2.05) is 16.7 Å². The van der Waals surface area contributed by atoms with E-state index in [-0.39, 0.29) is 42.0 Å². The number of hydrogen-bond acceptors (Lipinski definition) is 5. The van der Waals surface area contributed by atoms with Crippen molar-refractivity contribution < 1.29 is 14.6 Å². The van der Waals surface area contributed by atoms with Crippen LogP contribution in [-0.4, -0.2) is 59.9 Å². The fourth-order valence-corrected chi connectivity index (χ4v) is 5.68. The van der Waals surface area contributed by atoms with Gasteiger partial charge in [0.15, 0.2) is 0 Å². The van der Waals surface area contributed by atoms with Crippen molar-refractivity contribution in [1.29, 1.82) is 0 Å². The molecule has 1 amide bonds. The summed E-state index contributed by atoms with van der Waals surface area (Å²) in [6, 6.07) is 3.76. The summed E-state index contributed by atoms with van der Waals surface area (Å²) in [7, 11) is 1.60. The summed E-state index contributed by atoms with van der Waals surface area (Å²) < 4.78 is 6.93. The zero-order valence-electron chi connectivity index (χ0n) is 18.0. The van der Waals surface area contributed by atoms with Gasteiger partial charge in [0.2, 0.25) is 5.91 Å². The van der Waals surface area contributed by atoms with E-state index < -0.39 is 0 Å². The van der Waals surface area contributed by atoms with Crippen LogP contribution in [0.15, 0.2) is 23.0 Å². The van der Waals surface area contributed by atoms with Gasteiger partial charge in [-0.05, 0) is 49.9 Å². The van der Waals surface area contributed by atoms with Crippen LogP contribution in [-0.2, 0) is 16.1 Å². The van der Waals surface area contributed by atoms with Crippen LogP contribution in [0, 0.1) is 11.8 Å². The monoisotopic (exact) mass is 415 g/mol. The highest BCUT2D eigenvalue weighted by Crippen LogP contribution is 2.48. The molecule has 0 aromatic carbocycles. The van der Waals surface area contributed by atoms with Gasteiger partial charge in [-0.3, -0.25) is 14.5 Å². The molecule has 1 aromatic rings. The van der Waals surface area contributed by atoms with Gasteiger partial charge in [0.05, 0.1) is 18.6 Å². The number of fused-ring (bicyclic) bond motifs is 4. The van der Waals surface area contributed by atoms with Crippen molar-refractivity contribution in [2.45, 2.75) is 51.2 Å². The maximum atomic E-state index is 13.4. The Morgan fingerprint density at radius 3 is 2.83 bits per heavy atom. The van der Waals surface area contributed by atoms with Crippen LogP contribution in [0.4, 0.5) is 0 Å². The smallest absolute Gasteiger partial charge is 0.258 e. The highest BCUT2D eigenvalue weighted by molar-refractivity contribution is 5.80. The number of aliphatic hydroxyl groups is 1. The fourth-order valence-electron chi connectivity index (χ4n) is 5.68. The predicted octanol–water partition coefficient (Wildman–Crippen LogP) is 1.55. The molecule has 0 spiro atoms. The normalized spacial score (nSPS) is 28.2. The lowest BCUT2D eigenvalue weighted by Crippen LogP contribution is -2.46. The molecule has 0 radical (unpaired) electrons. The summed E-state index contributed by atoms with van der Waals surface area (Å²) in [5.74, 6) is -0.657. The van der Waals surface area contributed by atoms with E-state index in [0.717, 1.165) is 42.6 Å². The summed E-state index contributed by atoms with van der Waals surface area (Å²) in [5, 5.41) is 13.2. The molecule has 0 saturated carbocycles. The van der Waals surface area contributed by atoms with Gasteiger partial charge in [-0.15, -0.1) is 0 Å². The van der Waals surface area contributed by atoms with Crippen LogP contribution >= 0.6 is 0 Å². The Balaban J connectivity index is 1.73. The molecule has 3 aliphatic rings. The van der Waals surface area contributed by atoms with E-state index in [1.54, 1.807) is 7.11 Å². The highest BCUT2D eigenvalue weighted by atomic mass is 16.5. The number of ether oxygens (including phenoxy) is 1. The third kappa shape index (κ3) is 3.53. The molecule has 3 heterocycles. The number of rotatable bonds is 7. The number of hydrogen-bond donors (Lipinski definition) is 2. The third-order valence-corrected chi connectivity index (χ3v) is 7.08. The molecule has 2 bridgehead atoms. The first kappa shape index (κ1) is 21.3. The maximum absolute atomic E-state index is 13.4. The van der Waals surface area contributed by atoms with Crippen LogP contribution in [0.1, 0.15) is 49.9 Å². The molecule has 4 rings (SSSR count). The number of amides is 1. The Morgan fingerprint density at radius 1 is 1.33 bits per heavy atom. The van der Waals surface area contributed by atoms with E-state index >= 15 is 0 Å². The Morgan fingerprint density at radius 2 is 2.17 bits per heavy atom. The third-order valence-electron chi connectivity index (χ3n) is 7.08. The number of pyridine rings is 1. The van der Waals surface area contributed by atoms with Gasteiger partial charge >= 0.3 is 0 Å². The average molecular weight is 416 g/mol. The Hall–Kier alpha value is -1.96. The Kier molecular flexibility index (Phi) is 6.41. The molecule has 1 aromatic heterocycles. The lowest BCUT2D eigenvalue weighted by atomic mass is 9.86. The number of aliphatic hydroxyl groups excluding tert-OH is 1. The second kappa shape index (κ2) is 9.04. The summed E-state index contributed by atoms with van der Waals surface area (Å²) in [6.45, 7) is 4.19. The van der Waals surface area contributed by atoms with Gasteiger partial charge < -0.3 is 19.7 Å². The van der Waals surface area contributed by atoms with Crippen LogP contribution < -0.4 is 10.9 Å². The van der Waals surface area contributed by atoms with Gasteiger partial charge in [-0.25, -0.2) is 0 Å². The standard InChI is InChI=1S/C23H33N3O4/c1-3-25-19-13-26-18(10-9-16(23(26)29)15-7-5-4-6-8-15)21(25)20(17(19)14-27)22(28)24-11-12-30-2/h7,9-10,17,19-21,27H,3-6,8,11-14H2,1-2H3,(H,24,28)/t17-,19-,20+,21+/m0/s1. The first-order valence-corrected chi connectivity index (χ1v) is 11.2. The predicted molar refractivity (Wildman–Crippen MR) is 115 cm³/mol. The van der Waals surface area contributed by atoms with E-state index in [1.165, 1.54) is 6.42 Å².